The van der Waals surface area contributed by atoms with E-state index in [0.717, 1.165) is 16.0 Å². The fourth-order valence-electron chi connectivity index (χ4n) is 3.15. The highest BCUT2D eigenvalue weighted by Crippen LogP contribution is 2.26. The van der Waals surface area contributed by atoms with Crippen LogP contribution < -0.4 is 10.6 Å². The standard InChI is InChI=1S/C23H34N4O5/c1-14(2)25-20(29)19(17-9-8-15(3)12-16(17)4)27(11-10-24)21(30)18(13-28)26-22(31)32-23(5,6)7/h8-9,12,14,18-19,28H,11,13H2,1-7H3,(H,25,29)(H,26,31). The molecular weight excluding hydrogens is 412 g/mol. The second-order valence-corrected chi connectivity index (χ2v) is 8.93. The van der Waals surface area contributed by atoms with Gasteiger partial charge in [0, 0.05) is 6.04 Å². The summed E-state index contributed by atoms with van der Waals surface area (Å²) < 4.78 is 5.16. The minimum absolute atomic E-state index is 0.205. The molecular formula is C23H34N4O5. The van der Waals surface area contributed by atoms with Crippen LogP contribution in [0.5, 0.6) is 0 Å². The molecule has 1 aromatic rings. The molecule has 0 aromatic heterocycles. The predicted octanol–water partition coefficient (Wildman–Crippen LogP) is 2.11. The van der Waals surface area contributed by atoms with E-state index in [1.54, 1.807) is 40.7 Å². The molecule has 9 nitrogen and oxygen atoms in total. The monoisotopic (exact) mass is 446 g/mol. The first-order valence-corrected chi connectivity index (χ1v) is 10.5. The van der Waals surface area contributed by atoms with Crippen LogP contribution in [0.2, 0.25) is 0 Å². The van der Waals surface area contributed by atoms with Crippen molar-refractivity contribution in [3.8, 4) is 6.07 Å². The van der Waals surface area contributed by atoms with Crippen LogP contribution in [0.15, 0.2) is 18.2 Å². The Kier molecular flexibility index (Phi) is 9.66. The van der Waals surface area contributed by atoms with Crippen LogP contribution in [0, 0.1) is 25.2 Å². The number of carbonyl (C=O) groups is 3. The van der Waals surface area contributed by atoms with Gasteiger partial charge in [0.05, 0.1) is 12.7 Å². The number of ether oxygens (including phenoxy) is 1. The molecule has 176 valence electrons. The van der Waals surface area contributed by atoms with Gasteiger partial charge < -0.3 is 25.4 Å². The Morgan fingerprint density at radius 2 is 1.81 bits per heavy atom. The molecule has 2 atom stereocenters. The first-order valence-electron chi connectivity index (χ1n) is 10.5. The normalized spacial score (nSPS) is 13.0. The van der Waals surface area contributed by atoms with Crippen LogP contribution in [-0.4, -0.2) is 58.8 Å². The number of benzene rings is 1. The van der Waals surface area contributed by atoms with Gasteiger partial charge in [0.2, 0.25) is 11.8 Å². The number of nitriles is 1. The molecule has 0 bridgehead atoms. The molecule has 0 aliphatic rings. The maximum Gasteiger partial charge on any atom is 0.408 e. The van der Waals surface area contributed by atoms with Crippen LogP contribution in [0.1, 0.15) is 57.4 Å². The highest BCUT2D eigenvalue weighted by atomic mass is 16.6. The number of carbonyl (C=O) groups excluding carboxylic acids is 3. The maximum atomic E-state index is 13.3. The molecule has 3 N–H and O–H groups in total. The van der Waals surface area contributed by atoms with E-state index in [4.69, 9.17) is 4.74 Å². The van der Waals surface area contributed by atoms with E-state index in [-0.39, 0.29) is 6.04 Å². The van der Waals surface area contributed by atoms with Crippen molar-refractivity contribution in [2.45, 2.75) is 72.2 Å². The number of hydrogen-bond donors (Lipinski definition) is 3. The average molecular weight is 447 g/mol. The van der Waals surface area contributed by atoms with E-state index in [1.165, 1.54) is 0 Å². The van der Waals surface area contributed by atoms with Gasteiger partial charge in [-0.15, -0.1) is 0 Å². The number of aliphatic hydroxyl groups is 1. The van der Waals surface area contributed by atoms with Crippen molar-refractivity contribution in [1.29, 1.82) is 5.26 Å². The topological polar surface area (TPSA) is 132 Å². The van der Waals surface area contributed by atoms with Crippen LogP contribution in [-0.2, 0) is 14.3 Å². The van der Waals surface area contributed by atoms with E-state index >= 15 is 0 Å². The molecule has 0 aliphatic heterocycles. The Morgan fingerprint density at radius 1 is 1.19 bits per heavy atom. The van der Waals surface area contributed by atoms with E-state index in [9.17, 15) is 24.8 Å². The van der Waals surface area contributed by atoms with Crippen LogP contribution in [0.3, 0.4) is 0 Å². The zero-order valence-corrected chi connectivity index (χ0v) is 19.9. The van der Waals surface area contributed by atoms with Crippen molar-refractivity contribution in [3.05, 3.63) is 34.9 Å². The van der Waals surface area contributed by atoms with Gasteiger partial charge in [-0.2, -0.15) is 5.26 Å². The average Bonchev–Trinajstić information content (AvgIpc) is 2.64. The zero-order valence-electron chi connectivity index (χ0n) is 19.9. The van der Waals surface area contributed by atoms with Gasteiger partial charge in [0.1, 0.15) is 24.2 Å². The van der Waals surface area contributed by atoms with E-state index < -0.39 is 48.7 Å². The molecule has 0 heterocycles. The van der Waals surface area contributed by atoms with Crippen molar-refractivity contribution in [2.24, 2.45) is 0 Å². The van der Waals surface area contributed by atoms with Crippen molar-refractivity contribution in [2.75, 3.05) is 13.2 Å². The number of alkyl carbamates (subject to hydrolysis) is 1. The quantitative estimate of drug-likeness (QED) is 0.524. The first kappa shape index (κ1) is 26.9. The number of hydrogen-bond acceptors (Lipinski definition) is 6. The van der Waals surface area contributed by atoms with Crippen LogP contribution in [0.25, 0.3) is 0 Å². The largest absolute Gasteiger partial charge is 0.444 e. The molecule has 2 unspecified atom stereocenters. The summed E-state index contributed by atoms with van der Waals surface area (Å²) in [4.78, 5) is 39.7. The second kappa shape index (κ2) is 11.5. The minimum atomic E-state index is -1.39. The molecule has 32 heavy (non-hydrogen) atoms. The summed E-state index contributed by atoms with van der Waals surface area (Å²) in [6, 6.07) is 4.62. The minimum Gasteiger partial charge on any atom is -0.444 e. The second-order valence-electron chi connectivity index (χ2n) is 8.93. The van der Waals surface area contributed by atoms with Gasteiger partial charge in [0.25, 0.3) is 0 Å². The van der Waals surface area contributed by atoms with Crippen molar-refractivity contribution in [3.63, 3.8) is 0 Å². The number of aryl methyl sites for hydroxylation is 2. The predicted molar refractivity (Wildman–Crippen MR) is 120 cm³/mol. The Balaban J connectivity index is 3.39. The maximum absolute atomic E-state index is 13.3. The van der Waals surface area contributed by atoms with Crippen molar-refractivity contribution in [1.82, 2.24) is 15.5 Å². The fourth-order valence-corrected chi connectivity index (χ4v) is 3.15. The van der Waals surface area contributed by atoms with E-state index in [0.29, 0.717) is 5.56 Å². The molecule has 3 amide bonds. The van der Waals surface area contributed by atoms with Crippen LogP contribution in [0.4, 0.5) is 4.79 Å². The zero-order chi connectivity index (χ0) is 24.6. The lowest BCUT2D eigenvalue weighted by Gasteiger charge is -2.33. The van der Waals surface area contributed by atoms with Gasteiger partial charge in [-0.1, -0.05) is 23.8 Å². The van der Waals surface area contributed by atoms with Gasteiger partial charge >= 0.3 is 6.09 Å². The SMILES string of the molecule is Cc1ccc(C(C(=O)NC(C)C)N(CC#N)C(=O)C(CO)NC(=O)OC(C)(C)C)c(C)c1. The first-order chi connectivity index (χ1) is 14.8. The molecule has 0 spiro atoms. The summed E-state index contributed by atoms with van der Waals surface area (Å²) in [5.74, 6) is -1.24. The van der Waals surface area contributed by atoms with Crippen LogP contribution >= 0.6 is 0 Å². The third-order valence-corrected chi connectivity index (χ3v) is 4.41. The van der Waals surface area contributed by atoms with E-state index in [1.807, 2.05) is 32.0 Å². The molecule has 0 saturated heterocycles. The highest BCUT2D eigenvalue weighted by Gasteiger charge is 2.36. The van der Waals surface area contributed by atoms with Crippen molar-refractivity contribution >= 4 is 17.9 Å². The summed E-state index contributed by atoms with van der Waals surface area (Å²) in [6.45, 7) is 11.1. The van der Waals surface area contributed by atoms with Gasteiger partial charge in [-0.25, -0.2) is 4.79 Å². The Morgan fingerprint density at radius 3 is 2.28 bits per heavy atom. The summed E-state index contributed by atoms with van der Waals surface area (Å²) >= 11 is 0. The van der Waals surface area contributed by atoms with Crippen molar-refractivity contribution < 1.29 is 24.2 Å². The summed E-state index contributed by atoms with van der Waals surface area (Å²) in [7, 11) is 0. The lowest BCUT2D eigenvalue weighted by molar-refractivity contribution is -0.142. The smallest absolute Gasteiger partial charge is 0.408 e. The summed E-state index contributed by atoms with van der Waals surface area (Å²) in [5.41, 5.74) is 1.49. The Bertz CT molecular complexity index is 870. The fraction of sp³-hybridized carbons (Fsp3) is 0.565. The van der Waals surface area contributed by atoms with E-state index in [2.05, 4.69) is 10.6 Å². The van der Waals surface area contributed by atoms with Gasteiger partial charge in [-0.3, -0.25) is 9.59 Å². The third kappa shape index (κ3) is 7.85. The van der Waals surface area contributed by atoms with Gasteiger partial charge in [0.15, 0.2) is 0 Å². The number of amides is 3. The third-order valence-electron chi connectivity index (χ3n) is 4.41. The molecule has 1 rings (SSSR count). The van der Waals surface area contributed by atoms with Gasteiger partial charge in [-0.05, 0) is 59.6 Å². The number of rotatable bonds is 8. The Hall–Kier alpha value is -3.12. The molecule has 9 heteroatoms. The summed E-state index contributed by atoms with van der Waals surface area (Å²) in [6.07, 6.45) is -0.892. The molecule has 0 saturated carbocycles. The molecule has 0 fully saturated rings. The highest BCUT2D eigenvalue weighted by molar-refractivity contribution is 5.92. The lowest BCUT2D eigenvalue weighted by atomic mass is 9.96. The lowest BCUT2D eigenvalue weighted by Crippen LogP contribution is -2.55. The Labute approximate surface area is 189 Å². The number of aliphatic hydroxyl groups excluding tert-OH is 1. The molecule has 0 radical (unpaired) electrons. The number of nitrogens with zero attached hydrogens (tertiary/aromatic N) is 2. The molecule has 1 aromatic carbocycles. The molecule has 0 aliphatic carbocycles. The number of nitrogens with one attached hydrogen (secondary N) is 2. The summed E-state index contributed by atoms with van der Waals surface area (Å²) in [5, 5.41) is 24.3.